The van der Waals surface area contributed by atoms with E-state index in [1.54, 1.807) is 37.3 Å². The Hall–Kier alpha value is -3.19. The van der Waals surface area contributed by atoms with Gasteiger partial charge in [0.2, 0.25) is 10.0 Å². The first kappa shape index (κ1) is 20.1. The lowest BCUT2D eigenvalue weighted by Crippen LogP contribution is -2.30. The minimum absolute atomic E-state index is 0.0250. The van der Waals surface area contributed by atoms with Crippen LogP contribution in [0.1, 0.15) is 33.2 Å². The van der Waals surface area contributed by atoms with E-state index < -0.39 is 16.0 Å². The summed E-state index contributed by atoms with van der Waals surface area (Å²) < 4.78 is 31.0. The molecule has 6 nitrogen and oxygen atoms in total. The molecule has 0 bridgehead atoms. The molecule has 1 heterocycles. The molecule has 0 unspecified atom stereocenters. The van der Waals surface area contributed by atoms with Crippen molar-refractivity contribution in [1.82, 2.24) is 0 Å². The molecule has 154 valence electrons. The van der Waals surface area contributed by atoms with E-state index in [1.807, 2.05) is 30.3 Å². The topological polar surface area (TPSA) is 80.8 Å². The predicted molar refractivity (Wildman–Crippen MR) is 116 cm³/mol. The molecule has 0 aliphatic carbocycles. The first-order chi connectivity index (χ1) is 14.4. The second kappa shape index (κ2) is 7.91. The molecular weight excluding hydrogens is 402 g/mol. The Morgan fingerprint density at radius 3 is 2.60 bits per heavy atom. The van der Waals surface area contributed by atoms with Crippen molar-refractivity contribution < 1.29 is 22.7 Å². The van der Waals surface area contributed by atoms with Gasteiger partial charge in [-0.25, -0.2) is 13.2 Å². The summed E-state index contributed by atoms with van der Waals surface area (Å²) in [4.78, 5) is 25.1. The summed E-state index contributed by atoms with van der Waals surface area (Å²) in [7, 11) is -3.34. The third-order valence-corrected chi connectivity index (χ3v) is 7.08. The Labute approximate surface area is 175 Å². The third kappa shape index (κ3) is 3.68. The number of carbonyl (C=O) groups is 2. The molecular formula is C23H21NO5S. The molecule has 0 radical (unpaired) electrons. The highest BCUT2D eigenvalue weighted by Crippen LogP contribution is 2.31. The fourth-order valence-corrected chi connectivity index (χ4v) is 4.84. The predicted octanol–water partition coefficient (Wildman–Crippen LogP) is 3.59. The van der Waals surface area contributed by atoms with Crippen LogP contribution < -0.4 is 4.31 Å². The van der Waals surface area contributed by atoms with Gasteiger partial charge in [0.05, 0.1) is 17.0 Å². The lowest BCUT2D eigenvalue weighted by molar-refractivity contribution is 0.0476. The van der Waals surface area contributed by atoms with Gasteiger partial charge >= 0.3 is 5.97 Å². The molecule has 30 heavy (non-hydrogen) atoms. The second-order valence-electron chi connectivity index (χ2n) is 7.09. The van der Waals surface area contributed by atoms with Crippen LogP contribution in [-0.4, -0.2) is 39.1 Å². The zero-order valence-electron chi connectivity index (χ0n) is 16.5. The van der Waals surface area contributed by atoms with Crippen molar-refractivity contribution in [2.45, 2.75) is 13.3 Å². The molecule has 0 saturated heterocycles. The highest BCUT2D eigenvalue weighted by atomic mass is 32.2. The monoisotopic (exact) mass is 423 g/mol. The van der Waals surface area contributed by atoms with Gasteiger partial charge < -0.3 is 4.74 Å². The van der Waals surface area contributed by atoms with Gasteiger partial charge in [-0.2, -0.15) is 0 Å². The molecule has 0 saturated carbocycles. The molecule has 0 fully saturated rings. The number of Topliss-reactive ketones (excluding diaryl/α,β-unsaturated/α-hetero) is 1. The van der Waals surface area contributed by atoms with E-state index in [9.17, 15) is 18.0 Å². The van der Waals surface area contributed by atoms with E-state index in [2.05, 4.69) is 0 Å². The van der Waals surface area contributed by atoms with E-state index in [0.29, 0.717) is 29.8 Å². The molecule has 1 aliphatic rings. The van der Waals surface area contributed by atoms with Crippen molar-refractivity contribution in [3.05, 3.63) is 77.4 Å². The fraction of sp³-hybridized carbons (Fsp3) is 0.217. The van der Waals surface area contributed by atoms with Crippen LogP contribution in [0.2, 0.25) is 0 Å². The molecule has 0 N–H and O–H groups in total. The van der Waals surface area contributed by atoms with Gasteiger partial charge in [0.25, 0.3) is 0 Å². The highest BCUT2D eigenvalue weighted by Gasteiger charge is 2.28. The molecule has 1 aliphatic heterocycles. The van der Waals surface area contributed by atoms with Crippen LogP contribution in [0.4, 0.5) is 5.69 Å². The Bertz CT molecular complexity index is 1240. The zero-order valence-corrected chi connectivity index (χ0v) is 17.3. The minimum atomic E-state index is -3.34. The molecule has 7 heteroatoms. The van der Waals surface area contributed by atoms with Gasteiger partial charge in [-0.15, -0.1) is 0 Å². The summed E-state index contributed by atoms with van der Waals surface area (Å²) in [5.74, 6) is -0.859. The smallest absolute Gasteiger partial charge is 0.339 e. The van der Waals surface area contributed by atoms with Crippen molar-refractivity contribution in [1.29, 1.82) is 0 Å². The standard InChI is InChI=1S/C23H21NO5S/c1-2-30(27,28)24-13-12-17-14-18(10-11-21(17)24)22(25)15-29-23(26)20-9-5-7-16-6-3-4-8-19(16)20/h3-11,14H,2,12-13,15H2,1H3. The molecule has 0 spiro atoms. The van der Waals surface area contributed by atoms with Gasteiger partial charge in [0, 0.05) is 12.1 Å². The van der Waals surface area contributed by atoms with Crippen LogP contribution in [0, 0.1) is 0 Å². The normalized spacial score (nSPS) is 13.3. The number of esters is 1. The summed E-state index contributed by atoms with van der Waals surface area (Å²) in [6.45, 7) is 1.60. The van der Waals surface area contributed by atoms with E-state index in [0.717, 1.165) is 16.3 Å². The van der Waals surface area contributed by atoms with Gasteiger partial charge in [-0.1, -0.05) is 36.4 Å². The van der Waals surface area contributed by atoms with E-state index >= 15 is 0 Å². The van der Waals surface area contributed by atoms with Crippen LogP contribution in [0.3, 0.4) is 0 Å². The SMILES string of the molecule is CCS(=O)(=O)N1CCc2cc(C(=O)COC(=O)c3cccc4ccccc34)ccc21. The number of hydrogen-bond donors (Lipinski definition) is 0. The van der Waals surface area contributed by atoms with Crippen molar-refractivity contribution in [2.75, 3.05) is 23.2 Å². The van der Waals surface area contributed by atoms with Gasteiger partial charge in [0.15, 0.2) is 12.4 Å². The Kier molecular flexibility index (Phi) is 5.30. The molecule has 0 aromatic heterocycles. The lowest BCUT2D eigenvalue weighted by atomic mass is 10.0. The summed E-state index contributed by atoms with van der Waals surface area (Å²) in [6, 6.07) is 17.8. The van der Waals surface area contributed by atoms with Crippen LogP contribution >= 0.6 is 0 Å². The number of carbonyl (C=O) groups excluding carboxylic acids is 2. The second-order valence-corrected chi connectivity index (χ2v) is 9.27. The summed E-state index contributed by atoms with van der Waals surface area (Å²) in [5, 5.41) is 1.69. The molecule has 0 atom stereocenters. The Morgan fingerprint density at radius 1 is 1.03 bits per heavy atom. The maximum absolute atomic E-state index is 12.6. The number of sulfonamides is 1. The van der Waals surface area contributed by atoms with Crippen molar-refractivity contribution >= 4 is 38.2 Å². The molecule has 4 rings (SSSR count). The number of rotatable bonds is 6. The van der Waals surface area contributed by atoms with E-state index in [4.69, 9.17) is 4.74 Å². The summed E-state index contributed by atoms with van der Waals surface area (Å²) >= 11 is 0. The number of benzene rings is 3. The molecule has 3 aromatic carbocycles. The third-order valence-electron chi connectivity index (χ3n) is 5.30. The molecule has 0 amide bonds. The quantitative estimate of drug-likeness (QED) is 0.447. The highest BCUT2D eigenvalue weighted by molar-refractivity contribution is 7.92. The zero-order chi connectivity index (χ0) is 21.3. The van der Waals surface area contributed by atoms with E-state index in [1.165, 1.54) is 4.31 Å². The van der Waals surface area contributed by atoms with Crippen LogP contribution in [0.25, 0.3) is 10.8 Å². The van der Waals surface area contributed by atoms with Gasteiger partial charge in [-0.05, 0) is 53.9 Å². The number of anilines is 1. The number of nitrogens with zero attached hydrogens (tertiary/aromatic N) is 1. The summed E-state index contributed by atoms with van der Waals surface area (Å²) in [5.41, 5.74) is 2.23. The first-order valence-electron chi connectivity index (χ1n) is 9.72. The Balaban J connectivity index is 1.48. The maximum Gasteiger partial charge on any atom is 0.339 e. The lowest BCUT2D eigenvalue weighted by Gasteiger charge is -2.18. The number of ether oxygens (including phenoxy) is 1. The van der Waals surface area contributed by atoms with Crippen molar-refractivity contribution in [2.24, 2.45) is 0 Å². The van der Waals surface area contributed by atoms with Crippen LogP contribution in [0.15, 0.2) is 60.7 Å². The molecule has 3 aromatic rings. The first-order valence-corrected chi connectivity index (χ1v) is 11.3. The van der Waals surface area contributed by atoms with Crippen molar-refractivity contribution in [3.8, 4) is 0 Å². The fourth-order valence-electron chi connectivity index (χ4n) is 3.69. The van der Waals surface area contributed by atoms with Gasteiger partial charge in [-0.3, -0.25) is 9.10 Å². The number of fused-ring (bicyclic) bond motifs is 2. The summed E-state index contributed by atoms with van der Waals surface area (Å²) in [6.07, 6.45) is 0.547. The minimum Gasteiger partial charge on any atom is -0.454 e. The average Bonchev–Trinajstić information content (AvgIpc) is 3.21. The number of ketones is 1. The number of hydrogen-bond acceptors (Lipinski definition) is 5. The largest absolute Gasteiger partial charge is 0.454 e. The average molecular weight is 423 g/mol. The van der Waals surface area contributed by atoms with E-state index in [-0.39, 0.29) is 18.1 Å². The maximum atomic E-state index is 12.6. The van der Waals surface area contributed by atoms with Crippen LogP contribution in [0.5, 0.6) is 0 Å². The van der Waals surface area contributed by atoms with Gasteiger partial charge in [0.1, 0.15) is 0 Å². The Morgan fingerprint density at radius 2 is 1.80 bits per heavy atom. The van der Waals surface area contributed by atoms with Crippen molar-refractivity contribution in [3.63, 3.8) is 0 Å². The van der Waals surface area contributed by atoms with Crippen LogP contribution in [-0.2, 0) is 21.2 Å².